The number of ether oxygens (including phenoxy) is 2. The summed E-state index contributed by atoms with van der Waals surface area (Å²) in [4.78, 5) is 31.4. The van der Waals surface area contributed by atoms with Gasteiger partial charge < -0.3 is 24.5 Å². The molecule has 5 rings (SSSR count). The zero-order valence-electron chi connectivity index (χ0n) is 19.3. The Bertz CT molecular complexity index is 1450. The molecule has 1 fully saturated rings. The maximum atomic E-state index is 13.3. The highest BCUT2D eigenvalue weighted by molar-refractivity contribution is 6.46. The van der Waals surface area contributed by atoms with Crippen molar-refractivity contribution in [1.29, 1.82) is 0 Å². The highest BCUT2D eigenvalue weighted by Gasteiger charge is 2.46. The minimum atomic E-state index is -0.778. The van der Waals surface area contributed by atoms with E-state index in [9.17, 15) is 14.7 Å². The Morgan fingerprint density at radius 1 is 0.943 bits per heavy atom. The SMILES string of the molecule is COc1ccc(CN2C(=O)C(=O)/C(=C(/O)c3cccc(OC)c3)C2c2c[nH]c3ccccc23)cc1. The first-order valence-corrected chi connectivity index (χ1v) is 11.1. The number of carbonyl (C=O) groups is 2. The summed E-state index contributed by atoms with van der Waals surface area (Å²) in [5, 5.41) is 12.2. The van der Waals surface area contributed by atoms with Crippen molar-refractivity contribution in [3.63, 3.8) is 0 Å². The molecule has 7 heteroatoms. The lowest BCUT2D eigenvalue weighted by atomic mass is 9.94. The summed E-state index contributed by atoms with van der Waals surface area (Å²) >= 11 is 0. The summed E-state index contributed by atoms with van der Waals surface area (Å²) < 4.78 is 10.5. The first-order chi connectivity index (χ1) is 17.0. The topological polar surface area (TPSA) is 91.9 Å². The number of rotatable bonds is 6. The van der Waals surface area contributed by atoms with Crippen LogP contribution in [0.4, 0.5) is 0 Å². The van der Waals surface area contributed by atoms with Crippen LogP contribution in [0, 0.1) is 0 Å². The number of nitrogens with one attached hydrogen (secondary N) is 1. The van der Waals surface area contributed by atoms with E-state index in [1.807, 2.05) is 48.5 Å². The number of aromatic nitrogens is 1. The van der Waals surface area contributed by atoms with Crippen LogP contribution in [-0.2, 0) is 16.1 Å². The third-order valence-electron chi connectivity index (χ3n) is 6.31. The number of benzene rings is 3. The lowest BCUT2D eigenvalue weighted by Gasteiger charge is -2.25. The van der Waals surface area contributed by atoms with E-state index in [1.165, 1.54) is 12.0 Å². The van der Waals surface area contributed by atoms with Gasteiger partial charge in [-0.15, -0.1) is 0 Å². The van der Waals surface area contributed by atoms with E-state index in [1.54, 1.807) is 37.6 Å². The van der Waals surface area contributed by atoms with Gasteiger partial charge in [-0.3, -0.25) is 9.59 Å². The van der Waals surface area contributed by atoms with Crippen molar-refractivity contribution in [2.45, 2.75) is 12.6 Å². The number of methoxy groups -OCH3 is 2. The second-order valence-electron chi connectivity index (χ2n) is 8.30. The Kier molecular flexibility index (Phi) is 5.74. The molecule has 1 aliphatic heterocycles. The van der Waals surface area contributed by atoms with Crippen LogP contribution in [0.15, 0.2) is 84.6 Å². The number of hydrogen-bond donors (Lipinski definition) is 2. The molecular formula is C28H24N2O5. The molecule has 1 saturated heterocycles. The Morgan fingerprint density at radius 3 is 2.43 bits per heavy atom. The lowest BCUT2D eigenvalue weighted by Crippen LogP contribution is -2.29. The van der Waals surface area contributed by atoms with Crippen LogP contribution in [0.5, 0.6) is 11.5 Å². The van der Waals surface area contributed by atoms with Gasteiger partial charge in [0.25, 0.3) is 11.7 Å². The number of H-pyrrole nitrogens is 1. The van der Waals surface area contributed by atoms with Crippen molar-refractivity contribution in [3.05, 3.63) is 101 Å². The zero-order valence-corrected chi connectivity index (χ0v) is 19.3. The average molecular weight is 469 g/mol. The van der Waals surface area contributed by atoms with Crippen LogP contribution < -0.4 is 9.47 Å². The summed E-state index contributed by atoms with van der Waals surface area (Å²) in [7, 11) is 3.11. The second kappa shape index (κ2) is 9.02. The van der Waals surface area contributed by atoms with Gasteiger partial charge >= 0.3 is 0 Å². The van der Waals surface area contributed by atoms with E-state index < -0.39 is 17.7 Å². The fraction of sp³-hybridized carbons (Fsp3) is 0.143. The molecule has 2 heterocycles. The molecule has 176 valence electrons. The molecule has 0 aliphatic carbocycles. The molecule has 0 radical (unpaired) electrons. The third kappa shape index (κ3) is 3.91. The molecule has 1 aromatic heterocycles. The quantitative estimate of drug-likeness (QED) is 0.241. The summed E-state index contributed by atoms with van der Waals surface area (Å²) in [6.07, 6.45) is 1.79. The maximum Gasteiger partial charge on any atom is 0.295 e. The molecule has 3 aromatic carbocycles. The largest absolute Gasteiger partial charge is 0.507 e. The number of fused-ring (bicyclic) bond motifs is 1. The van der Waals surface area contributed by atoms with Gasteiger partial charge in [0.2, 0.25) is 0 Å². The smallest absolute Gasteiger partial charge is 0.295 e. The number of Topliss-reactive ketones (excluding diaryl/α,β-unsaturated/α-hetero) is 1. The molecule has 35 heavy (non-hydrogen) atoms. The highest BCUT2D eigenvalue weighted by Crippen LogP contribution is 2.43. The van der Waals surface area contributed by atoms with Crippen LogP contribution in [-0.4, -0.2) is 40.9 Å². The van der Waals surface area contributed by atoms with E-state index in [2.05, 4.69) is 4.98 Å². The fourth-order valence-electron chi connectivity index (χ4n) is 4.54. The minimum Gasteiger partial charge on any atom is -0.507 e. The number of aromatic amines is 1. The van der Waals surface area contributed by atoms with Gasteiger partial charge in [0.1, 0.15) is 17.3 Å². The van der Waals surface area contributed by atoms with Crippen molar-refractivity contribution in [2.75, 3.05) is 14.2 Å². The first-order valence-electron chi connectivity index (χ1n) is 11.1. The van der Waals surface area contributed by atoms with Gasteiger partial charge in [-0.05, 0) is 35.9 Å². The van der Waals surface area contributed by atoms with Crippen molar-refractivity contribution in [2.24, 2.45) is 0 Å². The summed E-state index contributed by atoms with van der Waals surface area (Å²) in [5.74, 6) is -0.406. The molecule has 2 N–H and O–H groups in total. The molecule has 1 unspecified atom stereocenters. The van der Waals surface area contributed by atoms with Crippen molar-refractivity contribution >= 4 is 28.4 Å². The number of amides is 1. The summed E-state index contributed by atoms with van der Waals surface area (Å²) in [6, 6.07) is 21.0. The number of carbonyl (C=O) groups excluding carboxylic acids is 2. The number of aliphatic hydroxyl groups excluding tert-OH is 1. The summed E-state index contributed by atoms with van der Waals surface area (Å²) in [6.45, 7) is 0.188. The molecule has 1 atom stereocenters. The molecule has 0 bridgehead atoms. The number of hydrogen-bond acceptors (Lipinski definition) is 5. The Morgan fingerprint density at radius 2 is 1.69 bits per heavy atom. The van der Waals surface area contributed by atoms with E-state index in [0.29, 0.717) is 17.1 Å². The molecule has 0 spiro atoms. The van der Waals surface area contributed by atoms with Gasteiger partial charge in [-0.1, -0.05) is 42.5 Å². The Hall–Kier alpha value is -4.52. The normalized spacial score (nSPS) is 17.2. The highest BCUT2D eigenvalue weighted by atomic mass is 16.5. The molecule has 0 saturated carbocycles. The van der Waals surface area contributed by atoms with Gasteiger partial charge in [0, 0.05) is 34.8 Å². The van der Waals surface area contributed by atoms with Gasteiger partial charge in [0.15, 0.2) is 0 Å². The lowest BCUT2D eigenvalue weighted by molar-refractivity contribution is -0.140. The van der Waals surface area contributed by atoms with Crippen LogP contribution in [0.25, 0.3) is 16.7 Å². The van der Waals surface area contributed by atoms with Crippen LogP contribution in [0.1, 0.15) is 22.7 Å². The number of nitrogens with zero attached hydrogens (tertiary/aromatic N) is 1. The standard InChI is InChI=1S/C28H24N2O5/c1-34-19-12-10-17(11-13-19)16-30-25(22-15-29-23-9-4-3-8-21(22)23)24(27(32)28(30)33)26(31)18-6-5-7-20(14-18)35-2/h3-15,25,29,31H,16H2,1-2H3/b26-24+. The molecule has 4 aromatic rings. The monoisotopic (exact) mass is 468 g/mol. The number of para-hydroxylation sites is 1. The van der Waals surface area contributed by atoms with Crippen molar-refractivity contribution < 1.29 is 24.2 Å². The molecule has 7 nitrogen and oxygen atoms in total. The van der Waals surface area contributed by atoms with Gasteiger partial charge in [0.05, 0.1) is 25.8 Å². The second-order valence-corrected chi connectivity index (χ2v) is 8.30. The molecule has 1 amide bonds. The van der Waals surface area contributed by atoms with E-state index in [0.717, 1.165) is 22.0 Å². The molecule has 1 aliphatic rings. The maximum absolute atomic E-state index is 13.3. The molecular weight excluding hydrogens is 444 g/mol. The average Bonchev–Trinajstić information content (AvgIpc) is 3.43. The predicted molar refractivity (Wildman–Crippen MR) is 132 cm³/mol. The third-order valence-corrected chi connectivity index (χ3v) is 6.31. The van der Waals surface area contributed by atoms with Crippen molar-refractivity contribution in [3.8, 4) is 11.5 Å². The zero-order chi connectivity index (χ0) is 24.5. The Labute approximate surface area is 202 Å². The van der Waals surface area contributed by atoms with E-state index >= 15 is 0 Å². The first kappa shape index (κ1) is 22.3. The Balaban J connectivity index is 1.67. The van der Waals surface area contributed by atoms with Crippen LogP contribution in [0.3, 0.4) is 0 Å². The van der Waals surface area contributed by atoms with E-state index in [-0.39, 0.29) is 17.9 Å². The van der Waals surface area contributed by atoms with Crippen LogP contribution >= 0.6 is 0 Å². The van der Waals surface area contributed by atoms with Crippen LogP contribution in [0.2, 0.25) is 0 Å². The summed E-state index contributed by atoms with van der Waals surface area (Å²) in [5.41, 5.74) is 2.88. The fourth-order valence-corrected chi connectivity index (χ4v) is 4.54. The minimum absolute atomic E-state index is 0.0431. The van der Waals surface area contributed by atoms with Gasteiger partial charge in [-0.25, -0.2) is 0 Å². The number of ketones is 1. The number of aliphatic hydroxyl groups is 1. The van der Waals surface area contributed by atoms with E-state index in [4.69, 9.17) is 9.47 Å². The number of likely N-dealkylation sites (tertiary alicyclic amines) is 1. The van der Waals surface area contributed by atoms with Gasteiger partial charge in [-0.2, -0.15) is 0 Å². The van der Waals surface area contributed by atoms with Crippen molar-refractivity contribution in [1.82, 2.24) is 9.88 Å². The predicted octanol–water partition coefficient (Wildman–Crippen LogP) is 4.81.